The lowest BCUT2D eigenvalue weighted by molar-refractivity contribution is 0.0730. The summed E-state index contributed by atoms with van der Waals surface area (Å²) in [4.78, 5) is 13.5. The Bertz CT molecular complexity index is 1190. The summed E-state index contributed by atoms with van der Waals surface area (Å²) < 4.78 is 32.9. The number of carbonyl (C=O) groups is 1. The van der Waals surface area contributed by atoms with E-state index in [0.29, 0.717) is 38.3 Å². The summed E-state index contributed by atoms with van der Waals surface area (Å²) in [5, 5.41) is 3.13. The van der Waals surface area contributed by atoms with Crippen molar-refractivity contribution in [3.8, 4) is 0 Å². The summed E-state index contributed by atoms with van der Waals surface area (Å²) in [6.45, 7) is 3.18. The van der Waals surface area contributed by atoms with Crippen molar-refractivity contribution in [1.29, 1.82) is 0 Å². The van der Waals surface area contributed by atoms with E-state index in [1.807, 2.05) is 67.6 Å². The maximum Gasteiger partial charge on any atom is 0.252 e. The predicted octanol–water partition coefficient (Wildman–Crippen LogP) is 3.73. The van der Waals surface area contributed by atoms with Crippen LogP contribution in [0.15, 0.2) is 83.8 Å². The molecule has 0 aromatic heterocycles. The van der Waals surface area contributed by atoms with Crippen molar-refractivity contribution >= 4 is 15.9 Å². The highest BCUT2D eigenvalue weighted by Gasteiger charge is 2.28. The lowest BCUT2D eigenvalue weighted by atomic mass is 9.98. The van der Waals surface area contributed by atoms with Crippen LogP contribution < -0.4 is 5.32 Å². The molecule has 1 amide bonds. The van der Waals surface area contributed by atoms with Gasteiger partial charge >= 0.3 is 0 Å². The van der Waals surface area contributed by atoms with E-state index in [2.05, 4.69) is 5.32 Å². The first-order chi connectivity index (χ1) is 15.9. The van der Waals surface area contributed by atoms with Gasteiger partial charge in [0.05, 0.1) is 24.2 Å². The highest BCUT2D eigenvalue weighted by Crippen LogP contribution is 2.23. The summed E-state index contributed by atoms with van der Waals surface area (Å²) in [7, 11) is -3.69. The molecule has 0 spiro atoms. The summed E-state index contributed by atoms with van der Waals surface area (Å²) in [5.74, 6) is -0.295. The van der Waals surface area contributed by atoms with Crippen LogP contribution in [0, 0.1) is 6.92 Å². The van der Waals surface area contributed by atoms with Crippen molar-refractivity contribution < 1.29 is 17.9 Å². The van der Waals surface area contributed by atoms with E-state index >= 15 is 0 Å². The van der Waals surface area contributed by atoms with E-state index in [9.17, 15) is 13.2 Å². The van der Waals surface area contributed by atoms with Gasteiger partial charge in [0.2, 0.25) is 10.0 Å². The maximum absolute atomic E-state index is 13.4. The quantitative estimate of drug-likeness (QED) is 0.578. The summed E-state index contributed by atoms with van der Waals surface area (Å²) in [5.41, 5.74) is 3.18. The molecular formula is C26H28N2O4S. The first-order valence-electron chi connectivity index (χ1n) is 11.0. The van der Waals surface area contributed by atoms with Gasteiger partial charge in [-0.1, -0.05) is 66.7 Å². The Morgan fingerprint density at radius 3 is 2.27 bits per heavy atom. The Morgan fingerprint density at radius 1 is 0.970 bits per heavy atom. The van der Waals surface area contributed by atoms with Crippen LogP contribution in [0.1, 0.15) is 33.1 Å². The van der Waals surface area contributed by atoms with Gasteiger partial charge in [0.1, 0.15) is 0 Å². The fourth-order valence-corrected chi connectivity index (χ4v) is 5.40. The van der Waals surface area contributed by atoms with Gasteiger partial charge in [-0.15, -0.1) is 0 Å². The van der Waals surface area contributed by atoms with Gasteiger partial charge < -0.3 is 10.1 Å². The first-order valence-corrected chi connectivity index (χ1v) is 12.5. The Morgan fingerprint density at radius 2 is 1.61 bits per heavy atom. The maximum atomic E-state index is 13.4. The number of morpholine rings is 1. The number of ether oxygens (including phenoxy) is 1. The molecule has 1 saturated heterocycles. The second kappa shape index (κ2) is 10.3. The Labute approximate surface area is 195 Å². The zero-order chi connectivity index (χ0) is 23.3. The molecule has 172 valence electrons. The predicted molar refractivity (Wildman–Crippen MR) is 128 cm³/mol. The monoisotopic (exact) mass is 464 g/mol. The third-order valence-electron chi connectivity index (χ3n) is 5.85. The number of carbonyl (C=O) groups excluding carboxylic acids is 1. The van der Waals surface area contributed by atoms with Gasteiger partial charge in [-0.05, 0) is 42.2 Å². The Hall–Kier alpha value is -3.00. The molecule has 1 fully saturated rings. The topological polar surface area (TPSA) is 75.7 Å². The third kappa shape index (κ3) is 5.50. The minimum atomic E-state index is -3.69. The van der Waals surface area contributed by atoms with Crippen LogP contribution in [0.5, 0.6) is 0 Å². The highest BCUT2D eigenvalue weighted by molar-refractivity contribution is 7.89. The van der Waals surface area contributed by atoms with Gasteiger partial charge in [-0.3, -0.25) is 4.79 Å². The van der Waals surface area contributed by atoms with Gasteiger partial charge in [-0.25, -0.2) is 8.42 Å². The van der Waals surface area contributed by atoms with E-state index in [1.165, 1.54) is 10.4 Å². The molecule has 6 nitrogen and oxygen atoms in total. The Kier molecular flexibility index (Phi) is 7.23. The second-order valence-corrected chi connectivity index (χ2v) is 10.1. The van der Waals surface area contributed by atoms with Crippen molar-refractivity contribution in [3.05, 3.63) is 101 Å². The lowest BCUT2D eigenvalue weighted by Crippen LogP contribution is -2.40. The van der Waals surface area contributed by atoms with Crippen LogP contribution in [0.3, 0.4) is 0 Å². The van der Waals surface area contributed by atoms with Crippen LogP contribution in [0.25, 0.3) is 0 Å². The molecule has 0 radical (unpaired) electrons. The molecule has 0 bridgehead atoms. The van der Waals surface area contributed by atoms with E-state index in [-0.39, 0.29) is 16.8 Å². The van der Waals surface area contributed by atoms with Crippen LogP contribution in [-0.4, -0.2) is 44.9 Å². The third-order valence-corrected chi connectivity index (χ3v) is 7.75. The molecule has 1 aliphatic rings. The van der Waals surface area contributed by atoms with Crippen molar-refractivity contribution in [3.63, 3.8) is 0 Å². The summed E-state index contributed by atoms with van der Waals surface area (Å²) in [6, 6.07) is 24.3. The minimum Gasteiger partial charge on any atom is -0.379 e. The smallest absolute Gasteiger partial charge is 0.252 e. The molecule has 0 aliphatic carbocycles. The number of aryl methyl sites for hydroxylation is 1. The molecule has 1 aliphatic heterocycles. The molecule has 7 heteroatoms. The molecule has 3 aromatic carbocycles. The van der Waals surface area contributed by atoms with Crippen molar-refractivity contribution in [2.75, 3.05) is 26.3 Å². The van der Waals surface area contributed by atoms with Crippen molar-refractivity contribution in [2.45, 2.75) is 24.3 Å². The SMILES string of the molecule is Cc1ccc(S(=O)(=O)N2CCOCC2)cc1C(=O)N[C@@H](Cc1ccccc1)c1ccccc1. The molecule has 33 heavy (non-hydrogen) atoms. The van der Waals surface area contributed by atoms with Crippen molar-refractivity contribution in [1.82, 2.24) is 9.62 Å². The zero-order valence-corrected chi connectivity index (χ0v) is 19.4. The van der Waals surface area contributed by atoms with Crippen molar-refractivity contribution in [2.24, 2.45) is 0 Å². The molecule has 4 rings (SSSR count). The number of nitrogens with one attached hydrogen (secondary N) is 1. The lowest BCUT2D eigenvalue weighted by Gasteiger charge is -2.26. The second-order valence-electron chi connectivity index (χ2n) is 8.12. The standard InChI is InChI=1S/C26H28N2O4S/c1-20-12-13-23(33(30,31)28-14-16-32-17-15-28)19-24(20)26(29)27-25(22-10-6-3-7-11-22)18-21-8-4-2-5-9-21/h2-13,19,25H,14-18H2,1H3,(H,27,29)/t25-/m0/s1. The highest BCUT2D eigenvalue weighted by atomic mass is 32.2. The van der Waals surface area contributed by atoms with Crippen LogP contribution in [0.4, 0.5) is 0 Å². The average molecular weight is 465 g/mol. The van der Waals surface area contributed by atoms with E-state index in [0.717, 1.165) is 16.7 Å². The van der Waals surface area contributed by atoms with E-state index in [4.69, 9.17) is 4.74 Å². The number of hydrogen-bond acceptors (Lipinski definition) is 4. The number of nitrogens with zero attached hydrogens (tertiary/aromatic N) is 1. The molecule has 0 unspecified atom stereocenters. The summed E-state index contributed by atoms with van der Waals surface area (Å²) >= 11 is 0. The van der Waals surface area contributed by atoms with Crippen LogP contribution in [0.2, 0.25) is 0 Å². The molecule has 1 N–H and O–H groups in total. The molecule has 0 saturated carbocycles. The molecule has 1 heterocycles. The van der Waals surface area contributed by atoms with E-state index in [1.54, 1.807) is 12.1 Å². The number of hydrogen-bond donors (Lipinski definition) is 1. The average Bonchev–Trinajstić information content (AvgIpc) is 2.85. The fraction of sp³-hybridized carbons (Fsp3) is 0.269. The zero-order valence-electron chi connectivity index (χ0n) is 18.6. The Balaban J connectivity index is 1.61. The number of amides is 1. The molecule has 3 aromatic rings. The van der Waals surface area contributed by atoms with Gasteiger partial charge in [0.15, 0.2) is 0 Å². The normalized spacial score (nSPS) is 15.7. The minimum absolute atomic E-state index is 0.125. The van der Waals surface area contributed by atoms with Gasteiger partial charge in [0, 0.05) is 18.7 Å². The van der Waals surface area contributed by atoms with Crippen LogP contribution in [-0.2, 0) is 21.2 Å². The van der Waals surface area contributed by atoms with Gasteiger partial charge in [0.25, 0.3) is 5.91 Å². The molecule has 1 atom stereocenters. The molecular weight excluding hydrogens is 436 g/mol. The number of rotatable bonds is 7. The van der Waals surface area contributed by atoms with E-state index < -0.39 is 10.0 Å². The largest absolute Gasteiger partial charge is 0.379 e. The van der Waals surface area contributed by atoms with Crippen LogP contribution >= 0.6 is 0 Å². The fourth-order valence-electron chi connectivity index (χ4n) is 3.97. The number of sulfonamides is 1. The first kappa shape index (κ1) is 23.2. The van der Waals surface area contributed by atoms with Gasteiger partial charge in [-0.2, -0.15) is 4.31 Å². The summed E-state index contributed by atoms with van der Waals surface area (Å²) in [6.07, 6.45) is 0.626. The number of benzene rings is 3.